The van der Waals surface area contributed by atoms with Crippen molar-refractivity contribution in [2.24, 2.45) is 5.92 Å². The third-order valence-electron chi connectivity index (χ3n) is 3.54. The molecule has 0 aromatic carbocycles. The highest BCUT2D eigenvalue weighted by Crippen LogP contribution is 2.12. The molecule has 0 saturated heterocycles. The zero-order chi connectivity index (χ0) is 16.1. The Morgan fingerprint density at radius 2 is 1.96 bits per heavy atom. The summed E-state index contributed by atoms with van der Waals surface area (Å²) in [6, 6.07) is 9.88. The molecule has 0 bridgehead atoms. The molecule has 0 fully saturated rings. The lowest BCUT2D eigenvalue weighted by Crippen LogP contribution is -2.06. The molecule has 5 heteroatoms. The second-order valence-corrected chi connectivity index (χ2v) is 6.00. The van der Waals surface area contributed by atoms with Gasteiger partial charge in [-0.05, 0) is 36.1 Å². The van der Waals surface area contributed by atoms with Gasteiger partial charge in [-0.25, -0.2) is 9.97 Å². The quantitative estimate of drug-likeness (QED) is 0.702. The van der Waals surface area contributed by atoms with Gasteiger partial charge in [-0.15, -0.1) is 5.10 Å². The first-order valence-corrected chi connectivity index (χ1v) is 7.97. The molecule has 118 valence electrons. The van der Waals surface area contributed by atoms with Gasteiger partial charge in [0.15, 0.2) is 11.6 Å². The number of nitrogens with zero attached hydrogens (tertiary/aromatic N) is 5. The molecule has 0 unspecified atom stereocenters. The van der Waals surface area contributed by atoms with E-state index in [-0.39, 0.29) is 0 Å². The molecule has 3 aromatic rings. The van der Waals surface area contributed by atoms with Gasteiger partial charge >= 0.3 is 0 Å². The van der Waals surface area contributed by atoms with Gasteiger partial charge in [0.1, 0.15) is 5.82 Å². The predicted molar refractivity (Wildman–Crippen MR) is 89.3 cm³/mol. The first-order chi connectivity index (χ1) is 11.2. The number of hydrogen-bond donors (Lipinski definition) is 0. The van der Waals surface area contributed by atoms with Gasteiger partial charge in [0.25, 0.3) is 0 Å². The van der Waals surface area contributed by atoms with Crippen molar-refractivity contribution in [1.82, 2.24) is 24.7 Å². The first kappa shape index (κ1) is 15.3. The van der Waals surface area contributed by atoms with Gasteiger partial charge in [-0.1, -0.05) is 26.0 Å². The van der Waals surface area contributed by atoms with E-state index in [0.29, 0.717) is 5.92 Å². The van der Waals surface area contributed by atoms with Gasteiger partial charge < -0.3 is 0 Å². The van der Waals surface area contributed by atoms with Crippen molar-refractivity contribution in [2.45, 2.75) is 33.1 Å². The van der Waals surface area contributed by atoms with Gasteiger partial charge in [0.05, 0.1) is 0 Å². The summed E-state index contributed by atoms with van der Waals surface area (Å²) in [5.41, 5.74) is 1.20. The molecule has 0 atom stereocenters. The van der Waals surface area contributed by atoms with Crippen LogP contribution in [-0.2, 0) is 19.3 Å². The maximum absolute atomic E-state index is 4.73. The Labute approximate surface area is 136 Å². The molecule has 3 rings (SSSR count). The third-order valence-corrected chi connectivity index (χ3v) is 3.54. The third kappa shape index (κ3) is 4.00. The summed E-state index contributed by atoms with van der Waals surface area (Å²) in [5, 5.41) is 4.66. The summed E-state index contributed by atoms with van der Waals surface area (Å²) in [4.78, 5) is 13.3. The van der Waals surface area contributed by atoms with Crippen molar-refractivity contribution in [3.05, 3.63) is 66.1 Å². The SMILES string of the molecule is CC(C)Cc1nc(CCc2cccnc2)n(-c2ccccn2)n1. The van der Waals surface area contributed by atoms with Crippen LogP contribution in [0.2, 0.25) is 0 Å². The zero-order valence-electron chi connectivity index (χ0n) is 13.6. The fourth-order valence-electron chi connectivity index (χ4n) is 2.47. The molecule has 3 aromatic heterocycles. The largest absolute Gasteiger partial charge is 0.264 e. The number of aromatic nitrogens is 5. The minimum atomic E-state index is 0.528. The standard InChI is InChI=1S/C18H21N5/c1-14(2)12-16-21-18(9-8-15-6-5-10-19-13-15)23(22-16)17-7-3-4-11-20-17/h3-7,10-11,13-14H,8-9,12H2,1-2H3. The van der Waals surface area contributed by atoms with Gasteiger partial charge in [0.2, 0.25) is 0 Å². The Morgan fingerprint density at radius 1 is 1.04 bits per heavy atom. The van der Waals surface area contributed by atoms with E-state index in [1.165, 1.54) is 5.56 Å². The highest BCUT2D eigenvalue weighted by Gasteiger charge is 2.13. The summed E-state index contributed by atoms with van der Waals surface area (Å²) in [5.74, 6) is 3.17. The fraction of sp³-hybridized carbons (Fsp3) is 0.333. The number of rotatable bonds is 6. The fourth-order valence-corrected chi connectivity index (χ4v) is 2.47. The average molecular weight is 307 g/mol. The summed E-state index contributed by atoms with van der Waals surface area (Å²) in [6.07, 6.45) is 8.05. The lowest BCUT2D eigenvalue weighted by Gasteiger charge is -2.04. The minimum Gasteiger partial charge on any atom is -0.264 e. The van der Waals surface area contributed by atoms with E-state index in [0.717, 1.165) is 36.7 Å². The van der Waals surface area contributed by atoms with Crippen LogP contribution in [0.15, 0.2) is 48.9 Å². The predicted octanol–water partition coefficient (Wildman–Crippen LogP) is 3.04. The number of hydrogen-bond acceptors (Lipinski definition) is 4. The lowest BCUT2D eigenvalue weighted by molar-refractivity contribution is 0.618. The topological polar surface area (TPSA) is 56.5 Å². The number of pyridine rings is 2. The minimum absolute atomic E-state index is 0.528. The van der Waals surface area contributed by atoms with Crippen LogP contribution in [0.25, 0.3) is 5.82 Å². The molecule has 0 amide bonds. The van der Waals surface area contributed by atoms with Gasteiger partial charge in [-0.3, -0.25) is 4.98 Å². The molecule has 5 nitrogen and oxygen atoms in total. The molecule has 23 heavy (non-hydrogen) atoms. The van der Waals surface area contributed by atoms with Crippen LogP contribution in [0.4, 0.5) is 0 Å². The summed E-state index contributed by atoms with van der Waals surface area (Å²) in [6.45, 7) is 4.35. The van der Waals surface area contributed by atoms with E-state index in [9.17, 15) is 0 Å². The average Bonchev–Trinajstić information content (AvgIpc) is 2.97. The van der Waals surface area contributed by atoms with E-state index in [1.807, 2.05) is 35.1 Å². The van der Waals surface area contributed by atoms with Crippen LogP contribution in [0.1, 0.15) is 31.1 Å². The normalized spacial score (nSPS) is 11.1. The summed E-state index contributed by atoms with van der Waals surface area (Å²) in [7, 11) is 0. The summed E-state index contributed by atoms with van der Waals surface area (Å²) >= 11 is 0. The van der Waals surface area contributed by atoms with Crippen LogP contribution in [0.5, 0.6) is 0 Å². The molecule has 0 spiro atoms. The highest BCUT2D eigenvalue weighted by molar-refractivity contribution is 5.22. The molecule has 0 aliphatic carbocycles. The molecule has 0 radical (unpaired) electrons. The first-order valence-electron chi connectivity index (χ1n) is 7.97. The maximum atomic E-state index is 4.73. The second kappa shape index (κ2) is 7.13. The van der Waals surface area contributed by atoms with Crippen molar-refractivity contribution in [3.8, 4) is 5.82 Å². The molecule has 3 heterocycles. The van der Waals surface area contributed by atoms with Crippen molar-refractivity contribution >= 4 is 0 Å². The molecular formula is C18H21N5. The van der Waals surface area contributed by atoms with Crippen molar-refractivity contribution in [3.63, 3.8) is 0 Å². The Kier molecular flexibility index (Phi) is 4.76. The van der Waals surface area contributed by atoms with Crippen LogP contribution in [-0.4, -0.2) is 24.7 Å². The van der Waals surface area contributed by atoms with E-state index in [4.69, 9.17) is 4.98 Å². The molecular weight excluding hydrogens is 286 g/mol. The van der Waals surface area contributed by atoms with Crippen LogP contribution in [0, 0.1) is 5.92 Å². The van der Waals surface area contributed by atoms with Crippen LogP contribution < -0.4 is 0 Å². The maximum Gasteiger partial charge on any atom is 0.155 e. The molecule has 0 aliphatic rings. The van der Waals surface area contributed by atoms with Gasteiger partial charge in [0, 0.05) is 31.4 Å². The highest BCUT2D eigenvalue weighted by atomic mass is 15.4. The van der Waals surface area contributed by atoms with Crippen molar-refractivity contribution < 1.29 is 0 Å². The Bertz CT molecular complexity index is 735. The molecule has 0 N–H and O–H groups in total. The van der Waals surface area contributed by atoms with Crippen molar-refractivity contribution in [2.75, 3.05) is 0 Å². The summed E-state index contributed by atoms with van der Waals surface area (Å²) < 4.78 is 1.87. The second-order valence-electron chi connectivity index (χ2n) is 6.00. The van der Waals surface area contributed by atoms with Gasteiger partial charge in [-0.2, -0.15) is 4.68 Å². The van der Waals surface area contributed by atoms with E-state index in [1.54, 1.807) is 12.4 Å². The van der Waals surface area contributed by atoms with Crippen LogP contribution in [0.3, 0.4) is 0 Å². The number of aryl methyl sites for hydroxylation is 2. The molecule has 0 saturated carbocycles. The Hall–Kier alpha value is -2.56. The zero-order valence-corrected chi connectivity index (χ0v) is 13.6. The smallest absolute Gasteiger partial charge is 0.155 e. The van der Waals surface area contributed by atoms with Crippen LogP contribution >= 0.6 is 0 Å². The van der Waals surface area contributed by atoms with E-state index in [2.05, 4.69) is 35.0 Å². The Balaban J connectivity index is 1.86. The van der Waals surface area contributed by atoms with E-state index < -0.39 is 0 Å². The van der Waals surface area contributed by atoms with Crippen molar-refractivity contribution in [1.29, 1.82) is 0 Å². The molecule has 0 aliphatic heterocycles. The lowest BCUT2D eigenvalue weighted by atomic mass is 10.1. The Morgan fingerprint density at radius 3 is 2.65 bits per heavy atom. The van der Waals surface area contributed by atoms with E-state index >= 15 is 0 Å². The monoisotopic (exact) mass is 307 g/mol.